The van der Waals surface area contributed by atoms with E-state index in [1.807, 2.05) is 39.0 Å². The lowest BCUT2D eigenvalue weighted by molar-refractivity contribution is -0.0510. The zero-order valence-electron chi connectivity index (χ0n) is 15.8. The molecule has 0 spiro atoms. The van der Waals surface area contributed by atoms with Crippen molar-refractivity contribution in [1.29, 1.82) is 0 Å². The average Bonchev–Trinajstić information content (AvgIpc) is 2.58. The number of hydrogen-bond donors (Lipinski definition) is 1. The first-order valence-electron chi connectivity index (χ1n) is 8.90. The molecule has 6 nitrogen and oxygen atoms in total. The molecule has 2 unspecified atom stereocenters. The number of rotatable bonds is 3. The topological polar surface area (TPSA) is 68.2 Å². The zero-order valence-corrected chi connectivity index (χ0v) is 15.8. The van der Waals surface area contributed by atoms with Crippen molar-refractivity contribution in [2.45, 2.75) is 51.5 Å². The second-order valence-electron chi connectivity index (χ2n) is 7.73. The van der Waals surface area contributed by atoms with E-state index in [0.29, 0.717) is 25.4 Å². The van der Waals surface area contributed by atoms with Crippen LogP contribution in [0.25, 0.3) is 5.57 Å². The van der Waals surface area contributed by atoms with Gasteiger partial charge in [-0.15, -0.1) is 0 Å². The van der Waals surface area contributed by atoms with Gasteiger partial charge in [-0.05, 0) is 50.5 Å². The largest absolute Gasteiger partial charge is 0.496 e. The number of aliphatic hydroxyl groups excluding tert-OH is 1. The third-order valence-corrected chi connectivity index (χ3v) is 4.62. The predicted octanol–water partition coefficient (Wildman–Crippen LogP) is 2.98. The van der Waals surface area contributed by atoms with Crippen molar-refractivity contribution in [3.8, 4) is 5.75 Å². The third kappa shape index (κ3) is 3.86. The van der Waals surface area contributed by atoms with Crippen LogP contribution in [-0.2, 0) is 16.1 Å². The van der Waals surface area contributed by atoms with Crippen molar-refractivity contribution in [3.63, 3.8) is 0 Å². The highest BCUT2D eigenvalue weighted by Crippen LogP contribution is 2.35. The van der Waals surface area contributed by atoms with Gasteiger partial charge in [0.1, 0.15) is 11.4 Å². The monoisotopic (exact) mass is 361 g/mol. The van der Waals surface area contributed by atoms with Crippen LogP contribution in [-0.4, -0.2) is 54.1 Å². The van der Waals surface area contributed by atoms with Crippen LogP contribution in [0.3, 0.4) is 0 Å². The molecule has 0 radical (unpaired) electrons. The molecule has 26 heavy (non-hydrogen) atoms. The van der Waals surface area contributed by atoms with Gasteiger partial charge >= 0.3 is 6.09 Å². The van der Waals surface area contributed by atoms with E-state index in [1.165, 1.54) is 0 Å². The maximum Gasteiger partial charge on any atom is 0.411 e. The molecule has 1 fully saturated rings. The normalized spacial score (nSPS) is 22.7. The van der Waals surface area contributed by atoms with Gasteiger partial charge in [0.2, 0.25) is 0 Å². The number of hydrogen-bond acceptors (Lipinski definition) is 5. The maximum atomic E-state index is 12.6. The fraction of sp³-hybridized carbons (Fsp3) is 0.550. The van der Waals surface area contributed by atoms with Gasteiger partial charge in [-0.3, -0.25) is 4.90 Å². The zero-order chi connectivity index (χ0) is 18.9. The molecular formula is C20H27NO5. The molecular weight excluding hydrogens is 334 g/mol. The van der Waals surface area contributed by atoms with Gasteiger partial charge in [0, 0.05) is 5.56 Å². The van der Waals surface area contributed by atoms with Gasteiger partial charge < -0.3 is 19.3 Å². The molecule has 1 saturated heterocycles. The van der Waals surface area contributed by atoms with Crippen molar-refractivity contribution >= 4 is 11.7 Å². The summed E-state index contributed by atoms with van der Waals surface area (Å²) >= 11 is 0. The Morgan fingerprint density at radius 2 is 2.12 bits per heavy atom. The first-order valence-corrected chi connectivity index (χ1v) is 8.90. The standard InChI is InChI=1S/C20H27NO5/c1-20(2,3)26-19(23)21-16-8-14(9-17(21)12-25-11-16)13-5-6-18(24-4)15(7-13)10-22/h5-8,16-17,22H,9-12H2,1-4H3. The number of methoxy groups -OCH3 is 1. The molecule has 2 atom stereocenters. The van der Waals surface area contributed by atoms with E-state index in [4.69, 9.17) is 14.2 Å². The summed E-state index contributed by atoms with van der Waals surface area (Å²) in [6.45, 7) is 6.49. The Balaban J connectivity index is 1.87. The number of morpholine rings is 1. The van der Waals surface area contributed by atoms with E-state index in [-0.39, 0.29) is 24.8 Å². The molecule has 2 heterocycles. The van der Waals surface area contributed by atoms with Crippen molar-refractivity contribution in [3.05, 3.63) is 35.4 Å². The Morgan fingerprint density at radius 3 is 2.73 bits per heavy atom. The number of fused-ring (bicyclic) bond motifs is 2. The van der Waals surface area contributed by atoms with Gasteiger partial charge in [-0.1, -0.05) is 12.1 Å². The Labute approximate surface area is 154 Å². The minimum atomic E-state index is -0.526. The SMILES string of the molecule is COc1ccc(C2=CC3COCC(C2)N3C(=O)OC(C)(C)C)cc1CO. The third-order valence-electron chi connectivity index (χ3n) is 4.62. The van der Waals surface area contributed by atoms with Crippen LogP contribution in [0.2, 0.25) is 0 Å². The van der Waals surface area contributed by atoms with Crippen LogP contribution in [0.15, 0.2) is 24.3 Å². The van der Waals surface area contributed by atoms with Crippen molar-refractivity contribution < 1.29 is 24.1 Å². The number of amides is 1. The van der Waals surface area contributed by atoms with Gasteiger partial charge in [-0.25, -0.2) is 4.79 Å². The van der Waals surface area contributed by atoms with Gasteiger partial charge in [0.05, 0.1) is 39.0 Å². The van der Waals surface area contributed by atoms with Gasteiger partial charge in [0.15, 0.2) is 0 Å². The van der Waals surface area contributed by atoms with E-state index in [1.54, 1.807) is 12.0 Å². The van der Waals surface area contributed by atoms with Crippen molar-refractivity contribution in [2.75, 3.05) is 20.3 Å². The van der Waals surface area contributed by atoms with Gasteiger partial charge in [-0.2, -0.15) is 0 Å². The molecule has 1 aromatic carbocycles. The second-order valence-corrected chi connectivity index (χ2v) is 7.73. The van der Waals surface area contributed by atoms with E-state index in [2.05, 4.69) is 6.08 Å². The van der Waals surface area contributed by atoms with Crippen LogP contribution in [0, 0.1) is 0 Å². The summed E-state index contributed by atoms with van der Waals surface area (Å²) in [7, 11) is 1.59. The fourth-order valence-corrected chi connectivity index (χ4v) is 3.51. The molecule has 2 aliphatic rings. The Hall–Kier alpha value is -2.05. The van der Waals surface area contributed by atoms with E-state index < -0.39 is 5.60 Å². The number of benzene rings is 1. The van der Waals surface area contributed by atoms with Crippen LogP contribution in [0.4, 0.5) is 4.79 Å². The molecule has 1 aromatic rings. The summed E-state index contributed by atoms with van der Waals surface area (Å²) < 4.78 is 16.5. The Bertz CT molecular complexity index is 707. The van der Waals surface area contributed by atoms with Crippen molar-refractivity contribution in [1.82, 2.24) is 4.90 Å². The second kappa shape index (κ2) is 7.29. The Morgan fingerprint density at radius 1 is 1.35 bits per heavy atom. The van der Waals surface area contributed by atoms with Crippen molar-refractivity contribution in [2.24, 2.45) is 0 Å². The lowest BCUT2D eigenvalue weighted by Gasteiger charge is -2.44. The molecule has 2 bridgehead atoms. The highest BCUT2D eigenvalue weighted by atomic mass is 16.6. The molecule has 2 aliphatic heterocycles. The molecule has 6 heteroatoms. The fourth-order valence-electron chi connectivity index (χ4n) is 3.51. The average molecular weight is 361 g/mol. The highest BCUT2D eigenvalue weighted by Gasteiger charge is 2.40. The summed E-state index contributed by atoms with van der Waals surface area (Å²) in [4.78, 5) is 14.4. The molecule has 1 N–H and O–H groups in total. The van der Waals surface area contributed by atoms with Crippen LogP contribution >= 0.6 is 0 Å². The minimum Gasteiger partial charge on any atom is -0.496 e. The minimum absolute atomic E-state index is 0.0525. The molecule has 0 aromatic heterocycles. The summed E-state index contributed by atoms with van der Waals surface area (Å²) in [5.41, 5.74) is 2.42. The van der Waals surface area contributed by atoms with Gasteiger partial charge in [0.25, 0.3) is 0 Å². The Kier molecular flexibility index (Phi) is 5.25. The lowest BCUT2D eigenvalue weighted by atomic mass is 9.89. The number of nitrogens with zero attached hydrogens (tertiary/aromatic N) is 1. The summed E-state index contributed by atoms with van der Waals surface area (Å²) in [6, 6.07) is 5.61. The van der Waals surface area contributed by atoms with Crippen LogP contribution in [0.5, 0.6) is 5.75 Å². The lowest BCUT2D eigenvalue weighted by Crippen LogP contribution is -2.57. The molecule has 0 saturated carbocycles. The summed E-state index contributed by atoms with van der Waals surface area (Å²) in [6.07, 6.45) is 2.46. The molecule has 1 amide bonds. The number of carbonyl (C=O) groups excluding carboxylic acids is 1. The maximum absolute atomic E-state index is 12.6. The summed E-state index contributed by atoms with van der Waals surface area (Å²) in [5, 5.41) is 9.57. The predicted molar refractivity (Wildman–Crippen MR) is 98.0 cm³/mol. The van der Waals surface area contributed by atoms with Crippen LogP contribution in [0.1, 0.15) is 38.3 Å². The van der Waals surface area contributed by atoms with E-state index in [9.17, 15) is 9.90 Å². The number of ether oxygens (including phenoxy) is 3. The molecule has 142 valence electrons. The van der Waals surface area contributed by atoms with Crippen LogP contribution < -0.4 is 4.74 Å². The molecule has 3 rings (SSSR count). The quantitative estimate of drug-likeness (QED) is 0.896. The van der Waals surface area contributed by atoms with E-state index in [0.717, 1.165) is 16.7 Å². The number of carbonyl (C=O) groups is 1. The highest BCUT2D eigenvalue weighted by molar-refractivity contribution is 5.75. The smallest absolute Gasteiger partial charge is 0.411 e. The summed E-state index contributed by atoms with van der Waals surface area (Å²) in [5.74, 6) is 0.673. The number of aliphatic hydroxyl groups is 1. The first-order chi connectivity index (χ1) is 12.3. The van der Waals surface area contributed by atoms with E-state index >= 15 is 0 Å². The first kappa shape index (κ1) is 18.7. The molecule has 0 aliphatic carbocycles.